The number of nitrogens with one attached hydrogen (secondary N) is 1. The van der Waals surface area contributed by atoms with Gasteiger partial charge in [0.25, 0.3) is 0 Å². The number of amides is 2. The summed E-state index contributed by atoms with van der Waals surface area (Å²) in [5.74, 6) is 0.381. The Balaban J connectivity index is 1.42. The summed E-state index contributed by atoms with van der Waals surface area (Å²) in [5.41, 5.74) is 0.861. The third-order valence-corrected chi connectivity index (χ3v) is 6.36. The predicted octanol–water partition coefficient (Wildman–Crippen LogP) is 1.87. The molecule has 24 heavy (non-hydrogen) atoms. The molecule has 2 saturated heterocycles. The molecule has 0 aromatic heterocycles. The normalized spacial score (nSPS) is 26.8. The standard InChI is InChI=1S/C18H23N3O2S/c22-17(19-13-8-10-20-9-4-3-5-14(13)20)11-21-15-6-1-2-7-16(15)24-12-18(21)23/h1-2,6-7,13-14H,3-5,8-12H2,(H,19,22)/t13-,14-/m0/s1. The van der Waals surface area contributed by atoms with E-state index in [1.807, 2.05) is 24.3 Å². The molecule has 1 aromatic carbocycles. The molecule has 3 heterocycles. The van der Waals surface area contributed by atoms with E-state index in [1.165, 1.54) is 19.3 Å². The van der Waals surface area contributed by atoms with Crippen molar-refractivity contribution in [2.24, 2.45) is 0 Å². The number of hydrogen-bond donors (Lipinski definition) is 1. The van der Waals surface area contributed by atoms with Gasteiger partial charge in [-0.15, -0.1) is 11.8 Å². The van der Waals surface area contributed by atoms with Crippen LogP contribution in [0.5, 0.6) is 0 Å². The number of nitrogens with zero attached hydrogens (tertiary/aromatic N) is 2. The fourth-order valence-corrected chi connectivity index (χ4v) is 5.07. The zero-order chi connectivity index (χ0) is 16.5. The molecule has 128 valence electrons. The van der Waals surface area contributed by atoms with Crippen LogP contribution >= 0.6 is 11.8 Å². The third-order valence-electron chi connectivity index (χ3n) is 5.31. The van der Waals surface area contributed by atoms with E-state index in [0.717, 1.165) is 30.1 Å². The van der Waals surface area contributed by atoms with E-state index in [0.29, 0.717) is 11.8 Å². The van der Waals surface area contributed by atoms with Gasteiger partial charge in [-0.1, -0.05) is 18.6 Å². The van der Waals surface area contributed by atoms with Crippen molar-refractivity contribution < 1.29 is 9.59 Å². The first-order valence-electron chi connectivity index (χ1n) is 8.78. The van der Waals surface area contributed by atoms with E-state index < -0.39 is 0 Å². The molecule has 0 saturated carbocycles. The second-order valence-electron chi connectivity index (χ2n) is 6.80. The number of carbonyl (C=O) groups is 2. The van der Waals surface area contributed by atoms with Gasteiger partial charge in [0, 0.05) is 23.5 Å². The number of anilines is 1. The zero-order valence-electron chi connectivity index (χ0n) is 13.7. The van der Waals surface area contributed by atoms with Crippen LogP contribution in [0, 0.1) is 0 Å². The molecule has 3 aliphatic heterocycles. The lowest BCUT2D eigenvalue weighted by molar-refractivity contribution is -0.123. The van der Waals surface area contributed by atoms with E-state index in [4.69, 9.17) is 0 Å². The average molecular weight is 345 g/mol. The van der Waals surface area contributed by atoms with Gasteiger partial charge in [0.2, 0.25) is 11.8 Å². The molecule has 6 heteroatoms. The topological polar surface area (TPSA) is 52.7 Å². The highest BCUT2D eigenvalue weighted by atomic mass is 32.2. The molecule has 0 radical (unpaired) electrons. The molecule has 1 aromatic rings. The maximum Gasteiger partial charge on any atom is 0.240 e. The Morgan fingerprint density at radius 1 is 1.21 bits per heavy atom. The predicted molar refractivity (Wildman–Crippen MR) is 95.3 cm³/mol. The minimum atomic E-state index is -0.0394. The summed E-state index contributed by atoms with van der Waals surface area (Å²) in [4.78, 5) is 30.1. The lowest BCUT2D eigenvalue weighted by Crippen LogP contribution is -2.50. The summed E-state index contributed by atoms with van der Waals surface area (Å²) < 4.78 is 0. The number of benzene rings is 1. The Morgan fingerprint density at radius 3 is 3.00 bits per heavy atom. The second-order valence-corrected chi connectivity index (χ2v) is 7.82. The van der Waals surface area contributed by atoms with Crippen molar-refractivity contribution in [3.63, 3.8) is 0 Å². The minimum Gasteiger partial charge on any atom is -0.350 e. The molecule has 2 fully saturated rings. The van der Waals surface area contributed by atoms with E-state index in [2.05, 4.69) is 10.2 Å². The zero-order valence-corrected chi connectivity index (χ0v) is 14.6. The molecule has 5 nitrogen and oxygen atoms in total. The quantitative estimate of drug-likeness (QED) is 0.909. The van der Waals surface area contributed by atoms with Gasteiger partial charge in [0.1, 0.15) is 6.54 Å². The minimum absolute atomic E-state index is 0.0135. The van der Waals surface area contributed by atoms with Gasteiger partial charge in [-0.2, -0.15) is 0 Å². The van der Waals surface area contributed by atoms with Crippen LogP contribution in [0.2, 0.25) is 0 Å². The molecule has 0 bridgehead atoms. The van der Waals surface area contributed by atoms with Crippen LogP contribution in [-0.4, -0.2) is 54.2 Å². The Labute approximate surface area is 146 Å². The van der Waals surface area contributed by atoms with Gasteiger partial charge >= 0.3 is 0 Å². The monoisotopic (exact) mass is 345 g/mol. The lowest BCUT2D eigenvalue weighted by Gasteiger charge is -2.33. The molecule has 0 spiro atoms. The largest absolute Gasteiger partial charge is 0.350 e. The van der Waals surface area contributed by atoms with Gasteiger partial charge in [-0.25, -0.2) is 0 Å². The fraction of sp³-hybridized carbons (Fsp3) is 0.556. The summed E-state index contributed by atoms with van der Waals surface area (Å²) >= 11 is 1.55. The van der Waals surface area contributed by atoms with Crippen LogP contribution in [0.1, 0.15) is 25.7 Å². The molecule has 0 aliphatic carbocycles. The number of fused-ring (bicyclic) bond motifs is 2. The first-order valence-corrected chi connectivity index (χ1v) is 9.76. The molecule has 3 aliphatic rings. The van der Waals surface area contributed by atoms with Crippen molar-refractivity contribution in [2.75, 3.05) is 30.3 Å². The van der Waals surface area contributed by atoms with Crippen molar-refractivity contribution in [1.82, 2.24) is 10.2 Å². The van der Waals surface area contributed by atoms with Crippen LogP contribution in [0.4, 0.5) is 5.69 Å². The Hall–Kier alpha value is -1.53. The summed E-state index contributed by atoms with van der Waals surface area (Å²) in [6, 6.07) is 8.54. The molecule has 4 rings (SSSR count). The summed E-state index contributed by atoms with van der Waals surface area (Å²) in [7, 11) is 0. The number of thioether (sulfide) groups is 1. The number of carbonyl (C=O) groups excluding carboxylic acids is 2. The molecule has 2 atom stereocenters. The first kappa shape index (κ1) is 16.0. The molecule has 1 N–H and O–H groups in total. The molecule has 2 amide bonds. The number of piperidine rings is 1. The van der Waals surface area contributed by atoms with Crippen molar-refractivity contribution in [1.29, 1.82) is 0 Å². The Kier molecular flexibility index (Phi) is 4.50. The Morgan fingerprint density at radius 2 is 2.08 bits per heavy atom. The molecular weight excluding hydrogens is 322 g/mol. The molecule has 0 unspecified atom stereocenters. The van der Waals surface area contributed by atoms with E-state index in [1.54, 1.807) is 16.7 Å². The van der Waals surface area contributed by atoms with Gasteiger partial charge in [0.15, 0.2) is 0 Å². The second kappa shape index (κ2) is 6.76. The van der Waals surface area contributed by atoms with Crippen LogP contribution in [-0.2, 0) is 9.59 Å². The lowest BCUT2D eigenvalue weighted by atomic mass is 9.99. The summed E-state index contributed by atoms with van der Waals surface area (Å²) in [5, 5.41) is 3.20. The van der Waals surface area contributed by atoms with Crippen LogP contribution in [0.25, 0.3) is 0 Å². The van der Waals surface area contributed by atoms with Gasteiger partial charge in [-0.3, -0.25) is 14.5 Å². The highest BCUT2D eigenvalue weighted by molar-refractivity contribution is 8.00. The van der Waals surface area contributed by atoms with Crippen molar-refractivity contribution >= 4 is 29.3 Å². The van der Waals surface area contributed by atoms with Gasteiger partial charge in [0.05, 0.1) is 11.4 Å². The number of rotatable bonds is 3. The first-order chi connectivity index (χ1) is 11.7. The summed E-state index contributed by atoms with van der Waals surface area (Å²) in [6.07, 6.45) is 4.72. The maximum absolute atomic E-state index is 12.6. The van der Waals surface area contributed by atoms with Crippen molar-refractivity contribution in [3.05, 3.63) is 24.3 Å². The summed E-state index contributed by atoms with van der Waals surface area (Å²) in [6.45, 7) is 2.36. The van der Waals surface area contributed by atoms with E-state index in [-0.39, 0.29) is 24.4 Å². The van der Waals surface area contributed by atoms with Gasteiger partial charge in [-0.05, 0) is 37.9 Å². The van der Waals surface area contributed by atoms with Crippen LogP contribution in [0.15, 0.2) is 29.2 Å². The Bertz CT molecular complexity index is 651. The van der Waals surface area contributed by atoms with Crippen LogP contribution < -0.4 is 10.2 Å². The highest BCUT2D eigenvalue weighted by Crippen LogP contribution is 2.34. The smallest absolute Gasteiger partial charge is 0.240 e. The molecular formula is C18H23N3O2S. The van der Waals surface area contributed by atoms with E-state index in [9.17, 15) is 9.59 Å². The average Bonchev–Trinajstić information content (AvgIpc) is 3.01. The van der Waals surface area contributed by atoms with E-state index >= 15 is 0 Å². The highest BCUT2D eigenvalue weighted by Gasteiger charge is 2.36. The van der Waals surface area contributed by atoms with Crippen molar-refractivity contribution in [3.8, 4) is 0 Å². The third kappa shape index (κ3) is 3.05. The number of para-hydroxylation sites is 1. The van der Waals surface area contributed by atoms with Crippen molar-refractivity contribution in [2.45, 2.75) is 42.7 Å². The number of hydrogen-bond acceptors (Lipinski definition) is 4. The van der Waals surface area contributed by atoms with Crippen LogP contribution in [0.3, 0.4) is 0 Å². The fourth-order valence-electron chi connectivity index (χ4n) is 4.14. The SMILES string of the molecule is O=C(CN1C(=O)CSc2ccccc21)N[C@H]1CCN2CCCC[C@@H]12. The maximum atomic E-state index is 12.6. The van der Waals surface area contributed by atoms with Gasteiger partial charge < -0.3 is 10.2 Å².